The predicted octanol–water partition coefficient (Wildman–Crippen LogP) is 2.37. The number of hydrogen-bond acceptors (Lipinski definition) is 1. The summed E-state index contributed by atoms with van der Waals surface area (Å²) >= 11 is 0. The normalized spacial score (nSPS) is 20.9. The summed E-state index contributed by atoms with van der Waals surface area (Å²) < 4.78 is 0. The molecular weight excluding hydrogens is 160 g/mol. The van der Waals surface area contributed by atoms with Crippen LogP contribution in [0.15, 0.2) is 42.5 Å². The Hall–Kier alpha value is -1.37. The summed E-state index contributed by atoms with van der Waals surface area (Å²) in [5.74, 6) is 0.478. The van der Waals surface area contributed by atoms with E-state index in [2.05, 4.69) is 12.1 Å². The second-order valence-electron chi connectivity index (χ2n) is 3.43. The molecule has 1 atom stereocenters. The van der Waals surface area contributed by atoms with Crippen LogP contribution in [0.4, 0.5) is 0 Å². The van der Waals surface area contributed by atoms with Crippen molar-refractivity contribution < 1.29 is 4.79 Å². The Morgan fingerprint density at radius 2 is 2.00 bits per heavy atom. The van der Waals surface area contributed by atoms with Gasteiger partial charge in [-0.25, -0.2) is 0 Å². The number of carbonyl (C=O) groups excluding carboxylic acids is 1. The molecule has 0 radical (unpaired) electrons. The third-order valence-corrected chi connectivity index (χ3v) is 2.43. The highest BCUT2D eigenvalue weighted by atomic mass is 16.1. The van der Waals surface area contributed by atoms with Gasteiger partial charge >= 0.3 is 0 Å². The van der Waals surface area contributed by atoms with Crippen molar-refractivity contribution in [3.63, 3.8) is 0 Å². The molecule has 1 aliphatic rings. The zero-order valence-electron chi connectivity index (χ0n) is 7.44. The molecule has 0 aliphatic heterocycles. The first-order chi connectivity index (χ1) is 6.36. The van der Waals surface area contributed by atoms with Crippen molar-refractivity contribution >= 4 is 5.78 Å². The largest absolute Gasteiger partial charge is 0.295 e. The van der Waals surface area contributed by atoms with Crippen LogP contribution < -0.4 is 0 Å². The molecule has 1 nitrogen and oxygen atoms in total. The molecule has 0 saturated heterocycles. The fraction of sp³-hybridized carbons (Fsp3) is 0.250. The molecule has 0 saturated carbocycles. The van der Waals surface area contributed by atoms with E-state index in [-0.39, 0.29) is 11.7 Å². The second kappa shape index (κ2) is 3.56. The Kier molecular flexibility index (Phi) is 2.26. The van der Waals surface area contributed by atoms with Crippen molar-refractivity contribution in [2.24, 2.45) is 5.92 Å². The lowest BCUT2D eigenvalue weighted by atomic mass is 9.97. The van der Waals surface area contributed by atoms with E-state index in [1.165, 1.54) is 5.56 Å². The first-order valence-electron chi connectivity index (χ1n) is 4.60. The number of benzene rings is 1. The van der Waals surface area contributed by atoms with Crippen LogP contribution in [0.5, 0.6) is 0 Å². The Bertz CT molecular complexity index is 324. The molecule has 0 heterocycles. The van der Waals surface area contributed by atoms with Crippen molar-refractivity contribution in [1.82, 2.24) is 0 Å². The molecule has 2 rings (SSSR count). The van der Waals surface area contributed by atoms with E-state index in [1.54, 1.807) is 6.08 Å². The van der Waals surface area contributed by atoms with Gasteiger partial charge in [0.1, 0.15) is 0 Å². The summed E-state index contributed by atoms with van der Waals surface area (Å²) in [7, 11) is 0. The molecule has 1 unspecified atom stereocenters. The average Bonchev–Trinajstić information content (AvgIpc) is 2.54. The van der Waals surface area contributed by atoms with E-state index in [4.69, 9.17) is 0 Å². The fourth-order valence-electron chi connectivity index (χ4n) is 1.68. The minimum absolute atomic E-state index is 0.197. The Morgan fingerprint density at radius 1 is 1.23 bits per heavy atom. The van der Waals surface area contributed by atoms with Gasteiger partial charge in [0, 0.05) is 5.92 Å². The average molecular weight is 172 g/mol. The monoisotopic (exact) mass is 172 g/mol. The van der Waals surface area contributed by atoms with Crippen LogP contribution in [0.3, 0.4) is 0 Å². The predicted molar refractivity (Wildman–Crippen MR) is 52.4 cm³/mol. The Balaban J connectivity index is 2.03. The first-order valence-corrected chi connectivity index (χ1v) is 4.60. The number of allylic oxidation sites excluding steroid dienone is 2. The van der Waals surface area contributed by atoms with E-state index in [0.717, 1.165) is 12.8 Å². The molecule has 13 heavy (non-hydrogen) atoms. The van der Waals surface area contributed by atoms with Crippen molar-refractivity contribution in [2.45, 2.75) is 12.8 Å². The summed E-state index contributed by atoms with van der Waals surface area (Å²) in [6.45, 7) is 0. The van der Waals surface area contributed by atoms with Gasteiger partial charge in [0.25, 0.3) is 0 Å². The lowest BCUT2D eigenvalue weighted by molar-refractivity contribution is -0.117. The number of carbonyl (C=O) groups is 1. The summed E-state index contributed by atoms with van der Waals surface area (Å²) in [4.78, 5) is 11.3. The summed E-state index contributed by atoms with van der Waals surface area (Å²) in [6.07, 6.45) is 5.46. The maximum absolute atomic E-state index is 11.3. The lowest BCUT2D eigenvalue weighted by Gasteiger charge is -2.06. The van der Waals surface area contributed by atoms with Crippen LogP contribution in [-0.4, -0.2) is 5.78 Å². The fourth-order valence-corrected chi connectivity index (χ4v) is 1.68. The molecule has 66 valence electrons. The topological polar surface area (TPSA) is 17.1 Å². The van der Waals surface area contributed by atoms with Crippen molar-refractivity contribution in [2.75, 3.05) is 0 Å². The van der Waals surface area contributed by atoms with E-state index in [0.29, 0.717) is 0 Å². The van der Waals surface area contributed by atoms with E-state index >= 15 is 0 Å². The molecule has 1 heteroatoms. The van der Waals surface area contributed by atoms with Crippen molar-refractivity contribution in [1.29, 1.82) is 0 Å². The highest BCUT2D eigenvalue weighted by molar-refractivity contribution is 5.94. The molecule has 1 aliphatic carbocycles. The maximum Gasteiger partial charge on any atom is 0.159 e. The Labute approximate surface area is 78.1 Å². The minimum atomic E-state index is 0.197. The number of ketones is 1. The second-order valence-corrected chi connectivity index (χ2v) is 3.43. The molecule has 0 aromatic heterocycles. The molecule has 0 amide bonds. The number of hydrogen-bond donors (Lipinski definition) is 0. The van der Waals surface area contributed by atoms with Crippen molar-refractivity contribution in [3.8, 4) is 0 Å². The van der Waals surface area contributed by atoms with E-state index in [9.17, 15) is 4.79 Å². The van der Waals surface area contributed by atoms with Crippen molar-refractivity contribution in [3.05, 3.63) is 48.0 Å². The van der Waals surface area contributed by atoms with Gasteiger partial charge in [-0.2, -0.15) is 0 Å². The van der Waals surface area contributed by atoms with E-state index in [1.807, 2.05) is 24.3 Å². The molecule has 1 aromatic carbocycles. The minimum Gasteiger partial charge on any atom is -0.295 e. The number of rotatable bonds is 2. The van der Waals surface area contributed by atoms with Gasteiger partial charge in [-0.1, -0.05) is 36.4 Å². The van der Waals surface area contributed by atoms with Crippen LogP contribution in [0.25, 0.3) is 0 Å². The van der Waals surface area contributed by atoms with Gasteiger partial charge in [0.05, 0.1) is 0 Å². The molecule has 0 N–H and O–H groups in total. The molecule has 0 fully saturated rings. The lowest BCUT2D eigenvalue weighted by Crippen LogP contribution is -2.09. The van der Waals surface area contributed by atoms with Gasteiger partial charge in [-0.3, -0.25) is 4.79 Å². The third kappa shape index (κ3) is 1.86. The molecule has 0 bridgehead atoms. The SMILES string of the molecule is O=C1C=CCC1Cc1ccccc1. The Morgan fingerprint density at radius 3 is 2.62 bits per heavy atom. The van der Waals surface area contributed by atoms with E-state index < -0.39 is 0 Å². The quantitative estimate of drug-likeness (QED) is 0.669. The van der Waals surface area contributed by atoms with Gasteiger partial charge in [0.2, 0.25) is 0 Å². The standard InChI is InChI=1S/C12H12O/c13-12-8-4-7-11(12)9-10-5-2-1-3-6-10/h1-6,8,11H,7,9H2. The van der Waals surface area contributed by atoms with Crippen LogP contribution in [0, 0.1) is 5.92 Å². The molecule has 1 aromatic rings. The summed E-state index contributed by atoms with van der Waals surface area (Å²) in [5.41, 5.74) is 1.25. The zero-order valence-corrected chi connectivity index (χ0v) is 7.44. The maximum atomic E-state index is 11.3. The van der Waals surface area contributed by atoms with Crippen LogP contribution >= 0.6 is 0 Å². The first kappa shape index (κ1) is 8.24. The zero-order chi connectivity index (χ0) is 9.10. The van der Waals surface area contributed by atoms with Crippen LogP contribution in [0.2, 0.25) is 0 Å². The van der Waals surface area contributed by atoms with Gasteiger partial charge < -0.3 is 0 Å². The van der Waals surface area contributed by atoms with Crippen LogP contribution in [0.1, 0.15) is 12.0 Å². The summed E-state index contributed by atoms with van der Waals surface area (Å²) in [6, 6.07) is 10.2. The summed E-state index contributed by atoms with van der Waals surface area (Å²) in [5, 5.41) is 0. The highest BCUT2D eigenvalue weighted by Crippen LogP contribution is 2.19. The highest BCUT2D eigenvalue weighted by Gasteiger charge is 2.19. The third-order valence-electron chi connectivity index (χ3n) is 2.43. The molecular formula is C12H12O. The van der Waals surface area contributed by atoms with Gasteiger partial charge in [0.15, 0.2) is 5.78 Å². The van der Waals surface area contributed by atoms with Crippen LogP contribution in [-0.2, 0) is 11.2 Å². The van der Waals surface area contributed by atoms with Gasteiger partial charge in [-0.05, 0) is 24.5 Å². The van der Waals surface area contributed by atoms with Gasteiger partial charge in [-0.15, -0.1) is 0 Å². The molecule has 0 spiro atoms. The smallest absolute Gasteiger partial charge is 0.159 e.